The van der Waals surface area contributed by atoms with Crippen LogP contribution in [0, 0.1) is 5.92 Å². The fourth-order valence-electron chi connectivity index (χ4n) is 2.12. The molecule has 6 heteroatoms. The Balaban J connectivity index is 2.02. The second-order valence-electron chi connectivity index (χ2n) is 4.39. The van der Waals surface area contributed by atoms with Crippen LogP contribution >= 0.6 is 0 Å². The summed E-state index contributed by atoms with van der Waals surface area (Å²) in [6.45, 7) is 5.75. The molecule has 1 fully saturated rings. The highest BCUT2D eigenvalue weighted by molar-refractivity contribution is 5.74. The normalized spacial score (nSPS) is 18.2. The standard InChI is InChI=1S/C13H18N4O2/c1-3-5-14-11-7-12(16-9-15-11)17-6-4-10(8-17)13(18)19-2/h3,7,9-10H,1,4-6,8H2,2H3,(H,14,15,16). The van der Waals surface area contributed by atoms with Gasteiger partial charge in [-0.25, -0.2) is 9.97 Å². The summed E-state index contributed by atoms with van der Waals surface area (Å²) in [5, 5.41) is 3.12. The topological polar surface area (TPSA) is 67.4 Å². The van der Waals surface area contributed by atoms with Crippen molar-refractivity contribution in [1.29, 1.82) is 0 Å². The predicted octanol–water partition coefficient (Wildman–Crippen LogP) is 1.07. The van der Waals surface area contributed by atoms with Crippen LogP contribution in [-0.4, -0.2) is 42.7 Å². The van der Waals surface area contributed by atoms with Gasteiger partial charge in [0.1, 0.15) is 18.0 Å². The first-order chi connectivity index (χ1) is 9.24. The molecule has 2 rings (SSSR count). The van der Waals surface area contributed by atoms with Crippen LogP contribution in [0.15, 0.2) is 25.0 Å². The molecule has 1 saturated heterocycles. The Labute approximate surface area is 112 Å². The lowest BCUT2D eigenvalue weighted by atomic mass is 10.1. The first kappa shape index (κ1) is 13.3. The van der Waals surface area contributed by atoms with Crippen molar-refractivity contribution in [3.8, 4) is 0 Å². The number of carbonyl (C=O) groups excluding carboxylic acids is 1. The van der Waals surface area contributed by atoms with Crippen LogP contribution in [0.25, 0.3) is 0 Å². The quantitative estimate of drug-likeness (QED) is 0.632. The van der Waals surface area contributed by atoms with Crippen molar-refractivity contribution in [2.45, 2.75) is 6.42 Å². The van der Waals surface area contributed by atoms with Gasteiger partial charge in [0.2, 0.25) is 0 Å². The van der Waals surface area contributed by atoms with Crippen molar-refractivity contribution < 1.29 is 9.53 Å². The molecule has 0 amide bonds. The number of ether oxygens (including phenoxy) is 1. The van der Waals surface area contributed by atoms with Crippen molar-refractivity contribution in [3.05, 3.63) is 25.0 Å². The molecule has 102 valence electrons. The average Bonchev–Trinajstić information content (AvgIpc) is 2.94. The second-order valence-corrected chi connectivity index (χ2v) is 4.39. The molecule has 6 nitrogen and oxygen atoms in total. The van der Waals surface area contributed by atoms with E-state index in [1.165, 1.54) is 13.4 Å². The Morgan fingerprint density at radius 3 is 3.26 bits per heavy atom. The number of hydrogen-bond acceptors (Lipinski definition) is 6. The van der Waals surface area contributed by atoms with E-state index in [9.17, 15) is 4.79 Å². The Hall–Kier alpha value is -2.11. The molecule has 0 bridgehead atoms. The molecule has 0 aliphatic carbocycles. The molecule has 1 aliphatic heterocycles. The maximum atomic E-state index is 11.5. The number of methoxy groups -OCH3 is 1. The Kier molecular flexibility index (Phi) is 4.33. The minimum atomic E-state index is -0.151. The number of anilines is 2. The average molecular weight is 262 g/mol. The molecule has 0 saturated carbocycles. The third-order valence-corrected chi connectivity index (χ3v) is 3.13. The van der Waals surface area contributed by atoms with Crippen molar-refractivity contribution in [3.63, 3.8) is 0 Å². The predicted molar refractivity (Wildman–Crippen MR) is 73.1 cm³/mol. The molecule has 1 unspecified atom stereocenters. The third kappa shape index (κ3) is 3.21. The number of aromatic nitrogens is 2. The zero-order valence-electron chi connectivity index (χ0n) is 11.0. The number of nitrogens with zero attached hydrogens (tertiary/aromatic N) is 3. The molecule has 0 radical (unpaired) electrons. The number of hydrogen-bond donors (Lipinski definition) is 1. The van der Waals surface area contributed by atoms with E-state index in [0.717, 1.165) is 24.6 Å². The lowest BCUT2D eigenvalue weighted by molar-refractivity contribution is -0.144. The van der Waals surface area contributed by atoms with Gasteiger partial charge in [-0.05, 0) is 6.42 Å². The number of esters is 1. The summed E-state index contributed by atoms with van der Waals surface area (Å²) in [6.07, 6.45) is 4.09. The van der Waals surface area contributed by atoms with Gasteiger partial charge < -0.3 is 15.0 Å². The van der Waals surface area contributed by atoms with Gasteiger partial charge in [-0.15, -0.1) is 6.58 Å². The molecular formula is C13H18N4O2. The Morgan fingerprint density at radius 2 is 2.53 bits per heavy atom. The fraction of sp³-hybridized carbons (Fsp3) is 0.462. The molecule has 1 atom stereocenters. The lowest BCUT2D eigenvalue weighted by Gasteiger charge is -2.17. The maximum Gasteiger partial charge on any atom is 0.310 e. The van der Waals surface area contributed by atoms with Crippen molar-refractivity contribution in [2.24, 2.45) is 5.92 Å². The van der Waals surface area contributed by atoms with E-state index in [4.69, 9.17) is 4.74 Å². The maximum absolute atomic E-state index is 11.5. The molecule has 2 heterocycles. The van der Waals surface area contributed by atoms with Gasteiger partial charge in [0, 0.05) is 25.7 Å². The van der Waals surface area contributed by atoms with Crippen LogP contribution in [0.2, 0.25) is 0 Å². The molecular weight excluding hydrogens is 244 g/mol. The van der Waals surface area contributed by atoms with Crippen molar-refractivity contribution >= 4 is 17.6 Å². The van der Waals surface area contributed by atoms with Gasteiger partial charge in [0.25, 0.3) is 0 Å². The molecule has 19 heavy (non-hydrogen) atoms. The van der Waals surface area contributed by atoms with E-state index < -0.39 is 0 Å². The highest BCUT2D eigenvalue weighted by Gasteiger charge is 2.29. The van der Waals surface area contributed by atoms with Crippen molar-refractivity contribution in [2.75, 3.05) is 37.0 Å². The van der Waals surface area contributed by atoms with E-state index in [-0.39, 0.29) is 11.9 Å². The number of carbonyl (C=O) groups is 1. The molecule has 1 aromatic heterocycles. The van der Waals surface area contributed by atoms with Gasteiger partial charge >= 0.3 is 5.97 Å². The molecule has 1 aromatic rings. The summed E-state index contributed by atoms with van der Waals surface area (Å²) in [4.78, 5) is 21.9. The van der Waals surface area contributed by atoms with Crippen LogP contribution in [0.5, 0.6) is 0 Å². The Morgan fingerprint density at radius 1 is 1.68 bits per heavy atom. The van der Waals surface area contributed by atoms with Gasteiger partial charge in [-0.1, -0.05) is 6.08 Å². The first-order valence-corrected chi connectivity index (χ1v) is 6.24. The van der Waals surface area contributed by atoms with Crippen molar-refractivity contribution in [1.82, 2.24) is 9.97 Å². The summed E-state index contributed by atoms with van der Waals surface area (Å²) >= 11 is 0. The fourth-order valence-corrected chi connectivity index (χ4v) is 2.12. The van der Waals surface area contributed by atoms with E-state index in [2.05, 4.69) is 26.8 Å². The van der Waals surface area contributed by atoms with E-state index >= 15 is 0 Å². The summed E-state index contributed by atoms with van der Waals surface area (Å²) in [5.41, 5.74) is 0. The van der Waals surface area contributed by atoms with Crippen LogP contribution in [0.3, 0.4) is 0 Å². The summed E-state index contributed by atoms with van der Waals surface area (Å²) < 4.78 is 4.77. The largest absolute Gasteiger partial charge is 0.469 e. The summed E-state index contributed by atoms with van der Waals surface area (Å²) in [7, 11) is 1.42. The zero-order chi connectivity index (χ0) is 13.7. The molecule has 0 spiro atoms. The molecule has 1 aliphatic rings. The minimum absolute atomic E-state index is 0.0652. The van der Waals surface area contributed by atoms with Gasteiger partial charge in [0.05, 0.1) is 13.0 Å². The second kappa shape index (κ2) is 6.17. The highest BCUT2D eigenvalue weighted by atomic mass is 16.5. The molecule has 0 aromatic carbocycles. The molecule has 1 N–H and O–H groups in total. The van der Waals surface area contributed by atoms with Gasteiger partial charge in [-0.3, -0.25) is 4.79 Å². The SMILES string of the molecule is C=CCNc1cc(N2CCC(C(=O)OC)C2)ncn1. The van der Waals surface area contributed by atoms with Crippen LogP contribution in [0.1, 0.15) is 6.42 Å². The smallest absolute Gasteiger partial charge is 0.310 e. The van der Waals surface area contributed by atoms with Crippen LogP contribution in [0.4, 0.5) is 11.6 Å². The summed E-state index contributed by atoms with van der Waals surface area (Å²) in [5.74, 6) is 1.37. The lowest BCUT2D eigenvalue weighted by Crippen LogP contribution is -2.24. The first-order valence-electron chi connectivity index (χ1n) is 6.24. The minimum Gasteiger partial charge on any atom is -0.469 e. The third-order valence-electron chi connectivity index (χ3n) is 3.13. The van der Waals surface area contributed by atoms with E-state index in [0.29, 0.717) is 13.1 Å². The van der Waals surface area contributed by atoms with Crippen LogP contribution in [-0.2, 0) is 9.53 Å². The summed E-state index contributed by atoms with van der Waals surface area (Å²) in [6, 6.07) is 1.88. The van der Waals surface area contributed by atoms with Gasteiger partial charge in [-0.2, -0.15) is 0 Å². The van der Waals surface area contributed by atoms with Gasteiger partial charge in [0.15, 0.2) is 0 Å². The number of nitrogens with one attached hydrogen (secondary N) is 1. The zero-order valence-corrected chi connectivity index (χ0v) is 11.0. The Bertz CT molecular complexity index is 464. The highest BCUT2D eigenvalue weighted by Crippen LogP contribution is 2.23. The van der Waals surface area contributed by atoms with E-state index in [1.807, 2.05) is 6.07 Å². The van der Waals surface area contributed by atoms with Crippen LogP contribution < -0.4 is 10.2 Å². The monoisotopic (exact) mass is 262 g/mol. The number of rotatable bonds is 5. The van der Waals surface area contributed by atoms with E-state index in [1.54, 1.807) is 6.08 Å².